The van der Waals surface area contributed by atoms with Gasteiger partial charge in [0.15, 0.2) is 16.8 Å². The van der Waals surface area contributed by atoms with Crippen molar-refractivity contribution in [2.75, 3.05) is 5.73 Å². The largest absolute Gasteiger partial charge is 0.441 e. The number of furan rings is 1. The monoisotopic (exact) mass is 198 g/mol. The van der Waals surface area contributed by atoms with Gasteiger partial charge in [-0.1, -0.05) is 5.16 Å². The van der Waals surface area contributed by atoms with Gasteiger partial charge in [0.05, 0.1) is 0 Å². The molecule has 2 N–H and O–H groups in total. The van der Waals surface area contributed by atoms with Crippen molar-refractivity contribution >= 4 is 17.4 Å². The van der Waals surface area contributed by atoms with Crippen molar-refractivity contribution in [3.63, 3.8) is 0 Å². The van der Waals surface area contributed by atoms with E-state index in [9.17, 15) is 0 Å². The minimum atomic E-state index is 0.310. The van der Waals surface area contributed by atoms with Crippen molar-refractivity contribution in [2.45, 2.75) is 6.92 Å². The van der Waals surface area contributed by atoms with E-state index in [4.69, 9.17) is 26.3 Å². The molecule has 0 aliphatic heterocycles. The van der Waals surface area contributed by atoms with Crippen LogP contribution in [0.2, 0.25) is 5.22 Å². The highest BCUT2D eigenvalue weighted by Gasteiger charge is 2.14. The predicted molar refractivity (Wildman–Crippen MR) is 48.4 cm³/mol. The lowest BCUT2D eigenvalue weighted by atomic mass is 10.2. The molecule has 0 spiro atoms. The van der Waals surface area contributed by atoms with Crippen LogP contribution < -0.4 is 5.73 Å². The fraction of sp³-hybridized carbons (Fsp3) is 0.125. The summed E-state index contributed by atoms with van der Waals surface area (Å²) in [6.45, 7) is 1.80. The number of hydrogen-bond donors (Lipinski definition) is 1. The first-order valence-corrected chi connectivity index (χ1v) is 4.03. The van der Waals surface area contributed by atoms with Crippen LogP contribution in [0.1, 0.15) is 5.56 Å². The van der Waals surface area contributed by atoms with Crippen LogP contribution in [0.3, 0.4) is 0 Å². The number of anilines is 1. The Bertz CT molecular complexity index is 433. The van der Waals surface area contributed by atoms with Crippen LogP contribution >= 0.6 is 11.6 Å². The van der Waals surface area contributed by atoms with Gasteiger partial charge in [-0.15, -0.1) is 0 Å². The Kier molecular flexibility index (Phi) is 1.77. The summed E-state index contributed by atoms with van der Waals surface area (Å²) in [5.41, 5.74) is 6.26. The Labute approximate surface area is 79.3 Å². The summed E-state index contributed by atoms with van der Waals surface area (Å²) in [6.07, 6.45) is 0. The molecule has 0 saturated heterocycles. The zero-order valence-electron chi connectivity index (χ0n) is 6.87. The third kappa shape index (κ3) is 1.29. The molecule has 2 aromatic rings. The molecule has 0 aromatic carbocycles. The molecule has 2 rings (SSSR count). The second-order valence-electron chi connectivity index (χ2n) is 2.63. The molecule has 0 unspecified atom stereocenters. The first-order valence-electron chi connectivity index (χ1n) is 3.66. The second kappa shape index (κ2) is 2.81. The van der Waals surface area contributed by atoms with Gasteiger partial charge in [0.1, 0.15) is 0 Å². The summed E-state index contributed by atoms with van der Waals surface area (Å²) in [5.74, 6) is 1.42. The maximum Gasteiger partial charge on any atom is 0.207 e. The molecule has 68 valence electrons. The molecular formula is C8H7ClN2O2. The lowest BCUT2D eigenvalue weighted by Crippen LogP contribution is -1.85. The van der Waals surface area contributed by atoms with Crippen LogP contribution in [0.4, 0.5) is 5.82 Å². The Balaban J connectivity index is 2.52. The SMILES string of the molecule is Cc1c(N)noc1-c1ccc(Cl)o1. The highest BCUT2D eigenvalue weighted by Crippen LogP contribution is 2.29. The van der Waals surface area contributed by atoms with Crippen LogP contribution in [0.5, 0.6) is 0 Å². The first-order chi connectivity index (χ1) is 6.18. The van der Waals surface area contributed by atoms with Gasteiger partial charge in [-0.2, -0.15) is 0 Å². The Hall–Kier alpha value is -1.42. The molecule has 0 bridgehead atoms. The maximum absolute atomic E-state index is 5.61. The first kappa shape index (κ1) is 8.19. The molecule has 0 saturated carbocycles. The third-order valence-electron chi connectivity index (χ3n) is 1.76. The summed E-state index contributed by atoms with van der Waals surface area (Å²) in [6, 6.07) is 3.34. The molecule has 4 nitrogen and oxygen atoms in total. The number of nitrogen functional groups attached to an aromatic ring is 1. The van der Waals surface area contributed by atoms with E-state index >= 15 is 0 Å². The van der Waals surface area contributed by atoms with Crippen LogP contribution in [0.25, 0.3) is 11.5 Å². The van der Waals surface area contributed by atoms with E-state index in [1.165, 1.54) is 0 Å². The average Bonchev–Trinajstić information content (AvgIpc) is 2.62. The van der Waals surface area contributed by atoms with Gasteiger partial charge < -0.3 is 14.7 Å². The summed E-state index contributed by atoms with van der Waals surface area (Å²) in [7, 11) is 0. The number of aromatic nitrogens is 1. The third-order valence-corrected chi connectivity index (χ3v) is 1.96. The lowest BCUT2D eigenvalue weighted by Gasteiger charge is -1.89. The highest BCUT2D eigenvalue weighted by molar-refractivity contribution is 6.28. The second-order valence-corrected chi connectivity index (χ2v) is 3.00. The fourth-order valence-electron chi connectivity index (χ4n) is 1.01. The molecule has 0 radical (unpaired) electrons. The van der Waals surface area contributed by atoms with Crippen molar-refractivity contribution in [1.29, 1.82) is 0 Å². The number of halogens is 1. The molecular weight excluding hydrogens is 192 g/mol. The molecule has 0 fully saturated rings. The van der Waals surface area contributed by atoms with Crippen LogP contribution in [-0.2, 0) is 0 Å². The van der Waals surface area contributed by atoms with Gasteiger partial charge >= 0.3 is 0 Å². The van der Waals surface area contributed by atoms with E-state index in [0.29, 0.717) is 22.6 Å². The van der Waals surface area contributed by atoms with E-state index in [0.717, 1.165) is 5.56 Å². The molecule has 2 aromatic heterocycles. The molecule has 0 amide bonds. The highest BCUT2D eigenvalue weighted by atomic mass is 35.5. The van der Waals surface area contributed by atoms with E-state index < -0.39 is 0 Å². The van der Waals surface area contributed by atoms with E-state index in [1.54, 1.807) is 19.1 Å². The van der Waals surface area contributed by atoms with Gasteiger partial charge in [-0.25, -0.2) is 0 Å². The van der Waals surface area contributed by atoms with E-state index in [2.05, 4.69) is 5.16 Å². The van der Waals surface area contributed by atoms with Gasteiger partial charge in [0, 0.05) is 5.56 Å². The van der Waals surface area contributed by atoms with Crippen LogP contribution in [0, 0.1) is 6.92 Å². The molecule has 13 heavy (non-hydrogen) atoms. The van der Waals surface area contributed by atoms with Crippen LogP contribution in [0.15, 0.2) is 21.1 Å². The zero-order chi connectivity index (χ0) is 9.42. The molecule has 5 heteroatoms. The fourth-order valence-corrected chi connectivity index (χ4v) is 1.16. The van der Waals surface area contributed by atoms with Crippen molar-refractivity contribution < 1.29 is 8.94 Å². The smallest absolute Gasteiger partial charge is 0.207 e. The minimum Gasteiger partial charge on any atom is -0.441 e. The van der Waals surface area contributed by atoms with Crippen molar-refractivity contribution in [2.24, 2.45) is 0 Å². The average molecular weight is 199 g/mol. The number of rotatable bonds is 1. The van der Waals surface area contributed by atoms with E-state index in [-0.39, 0.29) is 0 Å². The number of nitrogens with two attached hydrogens (primary N) is 1. The topological polar surface area (TPSA) is 65.2 Å². The molecule has 0 aliphatic carbocycles. The number of nitrogens with zero attached hydrogens (tertiary/aromatic N) is 1. The molecule has 2 heterocycles. The standard InChI is InChI=1S/C8H7ClN2O2/c1-4-7(13-11-8(4)10)5-2-3-6(9)12-5/h2-3H,1H3,(H2,10,11). The van der Waals surface area contributed by atoms with Gasteiger partial charge in [0.2, 0.25) is 5.76 Å². The Morgan fingerprint density at radius 2 is 2.23 bits per heavy atom. The normalized spacial score (nSPS) is 10.6. The lowest BCUT2D eigenvalue weighted by molar-refractivity contribution is 0.420. The van der Waals surface area contributed by atoms with Gasteiger partial charge in [0.25, 0.3) is 0 Å². The number of hydrogen-bond acceptors (Lipinski definition) is 4. The molecule has 0 atom stereocenters. The van der Waals surface area contributed by atoms with Crippen molar-refractivity contribution in [1.82, 2.24) is 5.16 Å². The van der Waals surface area contributed by atoms with Gasteiger partial charge in [-0.05, 0) is 30.7 Å². The Morgan fingerprint density at radius 3 is 2.69 bits per heavy atom. The summed E-state index contributed by atoms with van der Waals surface area (Å²) in [4.78, 5) is 0. The summed E-state index contributed by atoms with van der Waals surface area (Å²) >= 11 is 5.61. The maximum atomic E-state index is 5.61. The zero-order valence-corrected chi connectivity index (χ0v) is 7.63. The summed E-state index contributed by atoms with van der Waals surface area (Å²) < 4.78 is 10.1. The quantitative estimate of drug-likeness (QED) is 0.765. The van der Waals surface area contributed by atoms with Crippen molar-refractivity contribution in [3.8, 4) is 11.5 Å². The van der Waals surface area contributed by atoms with Crippen molar-refractivity contribution in [3.05, 3.63) is 22.9 Å². The Morgan fingerprint density at radius 1 is 1.46 bits per heavy atom. The predicted octanol–water partition coefficient (Wildman–Crippen LogP) is 2.48. The van der Waals surface area contributed by atoms with Crippen LogP contribution in [-0.4, -0.2) is 5.16 Å². The molecule has 0 aliphatic rings. The van der Waals surface area contributed by atoms with Gasteiger partial charge in [-0.3, -0.25) is 0 Å². The van der Waals surface area contributed by atoms with E-state index in [1.807, 2.05) is 0 Å². The minimum absolute atomic E-state index is 0.310. The summed E-state index contributed by atoms with van der Waals surface area (Å²) in [5, 5.41) is 3.91.